The fourth-order valence-corrected chi connectivity index (χ4v) is 4.39. The fourth-order valence-electron chi connectivity index (χ4n) is 4.39. The summed E-state index contributed by atoms with van der Waals surface area (Å²) in [5.41, 5.74) is 0.211. The Morgan fingerprint density at radius 3 is 2.83 bits per heavy atom. The molecular formula is C20H16FN7O2. The highest BCUT2D eigenvalue weighted by Crippen LogP contribution is 2.57. The van der Waals surface area contributed by atoms with Gasteiger partial charge in [-0.15, -0.1) is 0 Å². The summed E-state index contributed by atoms with van der Waals surface area (Å²) in [4.78, 5) is 31.7. The van der Waals surface area contributed by atoms with Gasteiger partial charge < -0.3 is 9.42 Å². The summed E-state index contributed by atoms with van der Waals surface area (Å²) < 4.78 is 20.3. The van der Waals surface area contributed by atoms with Crippen molar-refractivity contribution in [1.29, 1.82) is 0 Å². The zero-order valence-electron chi connectivity index (χ0n) is 15.7. The minimum absolute atomic E-state index is 0.158. The van der Waals surface area contributed by atoms with E-state index in [1.165, 1.54) is 29.2 Å². The van der Waals surface area contributed by atoms with Gasteiger partial charge in [-0.25, -0.2) is 19.3 Å². The van der Waals surface area contributed by atoms with E-state index in [-0.39, 0.29) is 23.8 Å². The molecule has 0 aromatic carbocycles. The molecule has 10 heteroatoms. The van der Waals surface area contributed by atoms with Crippen LogP contribution >= 0.6 is 0 Å². The number of halogens is 1. The van der Waals surface area contributed by atoms with E-state index < -0.39 is 0 Å². The van der Waals surface area contributed by atoms with Crippen LogP contribution in [0.25, 0.3) is 11.0 Å². The van der Waals surface area contributed by atoms with Crippen molar-refractivity contribution in [3.05, 3.63) is 70.9 Å². The summed E-state index contributed by atoms with van der Waals surface area (Å²) in [6, 6.07) is 6.20. The van der Waals surface area contributed by atoms with Gasteiger partial charge in [0.15, 0.2) is 11.5 Å². The average Bonchev–Trinajstić information content (AvgIpc) is 3.10. The predicted octanol–water partition coefficient (Wildman–Crippen LogP) is 1.61. The molecular weight excluding hydrogens is 389 g/mol. The Morgan fingerprint density at radius 1 is 1.13 bits per heavy atom. The van der Waals surface area contributed by atoms with E-state index in [2.05, 4.69) is 30.0 Å². The molecule has 1 aliphatic heterocycles. The molecule has 0 N–H and O–H groups in total. The summed E-state index contributed by atoms with van der Waals surface area (Å²) in [6.45, 7) is 1.73. The van der Waals surface area contributed by atoms with Crippen LogP contribution in [-0.2, 0) is 6.54 Å². The Morgan fingerprint density at radius 2 is 2.00 bits per heavy atom. The van der Waals surface area contributed by atoms with Gasteiger partial charge >= 0.3 is 0 Å². The van der Waals surface area contributed by atoms with Crippen molar-refractivity contribution in [1.82, 2.24) is 29.7 Å². The summed E-state index contributed by atoms with van der Waals surface area (Å²) in [7, 11) is 0. The Kier molecular flexibility index (Phi) is 3.67. The lowest BCUT2D eigenvalue weighted by Gasteiger charge is -2.20. The standard InChI is InChI=1S/C20H16FN7O2/c21-11-3-5-22-15(6-11)27-7-13-14(8-27)17(13)19-25-16(30-26-19)9-28-10-24-18-12(20(28)29)2-1-4-23-18/h1-6,10,13-14,17H,7-9H2/t13-,14+,17?. The molecule has 0 bridgehead atoms. The Hall–Kier alpha value is -3.69. The highest BCUT2D eigenvalue weighted by molar-refractivity contribution is 5.72. The van der Waals surface area contributed by atoms with Crippen molar-refractivity contribution in [2.45, 2.75) is 12.5 Å². The smallest absolute Gasteiger partial charge is 0.263 e. The lowest BCUT2D eigenvalue weighted by molar-refractivity contribution is 0.363. The molecule has 2 aliphatic rings. The van der Waals surface area contributed by atoms with E-state index in [4.69, 9.17) is 4.52 Å². The first kappa shape index (κ1) is 17.2. The molecule has 1 saturated carbocycles. The van der Waals surface area contributed by atoms with Gasteiger partial charge in [-0.3, -0.25) is 9.36 Å². The van der Waals surface area contributed by atoms with Crippen molar-refractivity contribution in [2.24, 2.45) is 11.8 Å². The normalized spacial score (nSPS) is 22.4. The number of hydrogen-bond acceptors (Lipinski definition) is 8. The molecule has 2 fully saturated rings. The van der Waals surface area contributed by atoms with Gasteiger partial charge in [0, 0.05) is 37.5 Å². The highest BCUT2D eigenvalue weighted by atomic mass is 19.1. The second kappa shape index (κ2) is 6.41. The van der Waals surface area contributed by atoms with E-state index >= 15 is 0 Å². The van der Waals surface area contributed by atoms with Gasteiger partial charge in [0.25, 0.3) is 5.56 Å². The molecule has 4 aromatic heterocycles. The number of piperidine rings is 1. The van der Waals surface area contributed by atoms with E-state index in [1.807, 2.05) is 0 Å². The van der Waals surface area contributed by atoms with Crippen LogP contribution in [-0.4, -0.2) is 42.7 Å². The third-order valence-electron chi connectivity index (χ3n) is 5.91. The highest BCUT2D eigenvalue weighted by Gasteiger charge is 2.58. The molecule has 1 aliphatic carbocycles. The van der Waals surface area contributed by atoms with E-state index in [0.29, 0.717) is 40.4 Å². The number of rotatable bonds is 4. The zero-order valence-corrected chi connectivity index (χ0v) is 15.7. The number of aromatic nitrogens is 6. The van der Waals surface area contributed by atoms with Crippen LogP contribution < -0.4 is 10.5 Å². The average molecular weight is 405 g/mol. The predicted molar refractivity (Wildman–Crippen MR) is 103 cm³/mol. The van der Waals surface area contributed by atoms with Crippen LogP contribution in [0.2, 0.25) is 0 Å². The molecule has 4 aromatic rings. The Balaban J connectivity index is 1.16. The Bertz CT molecular complexity index is 1310. The first-order valence-corrected chi connectivity index (χ1v) is 9.66. The summed E-state index contributed by atoms with van der Waals surface area (Å²) in [5, 5.41) is 4.58. The molecule has 0 radical (unpaired) electrons. The number of pyridine rings is 2. The minimum atomic E-state index is -0.283. The molecule has 0 amide bonds. The number of hydrogen-bond donors (Lipinski definition) is 0. The largest absolute Gasteiger partial charge is 0.356 e. The molecule has 6 rings (SSSR count). The summed E-state index contributed by atoms with van der Waals surface area (Å²) in [6.07, 6.45) is 4.52. The van der Waals surface area contributed by atoms with Gasteiger partial charge in [0.05, 0.1) is 5.39 Å². The van der Waals surface area contributed by atoms with Crippen molar-refractivity contribution < 1.29 is 8.91 Å². The quantitative estimate of drug-likeness (QED) is 0.505. The molecule has 3 atom stereocenters. The summed E-state index contributed by atoms with van der Waals surface area (Å²) >= 11 is 0. The van der Waals surface area contributed by atoms with Gasteiger partial charge in [0.2, 0.25) is 5.89 Å². The summed E-state index contributed by atoms with van der Waals surface area (Å²) in [5.74, 6) is 2.43. The maximum atomic E-state index is 13.4. The third-order valence-corrected chi connectivity index (χ3v) is 5.91. The lowest BCUT2D eigenvalue weighted by atomic mass is 10.2. The Labute approximate surface area is 169 Å². The number of anilines is 1. The van der Waals surface area contributed by atoms with E-state index in [0.717, 1.165) is 13.1 Å². The molecule has 1 saturated heterocycles. The first-order valence-electron chi connectivity index (χ1n) is 9.66. The van der Waals surface area contributed by atoms with Crippen molar-refractivity contribution >= 4 is 16.9 Å². The van der Waals surface area contributed by atoms with Crippen molar-refractivity contribution in [2.75, 3.05) is 18.0 Å². The van der Waals surface area contributed by atoms with Crippen LogP contribution in [0, 0.1) is 17.7 Å². The zero-order chi connectivity index (χ0) is 20.2. The van der Waals surface area contributed by atoms with Gasteiger partial charge in [-0.05, 0) is 30.0 Å². The molecule has 9 nitrogen and oxygen atoms in total. The van der Waals surface area contributed by atoms with Crippen LogP contribution in [0.5, 0.6) is 0 Å². The number of nitrogens with zero attached hydrogens (tertiary/aromatic N) is 7. The minimum Gasteiger partial charge on any atom is -0.356 e. The van der Waals surface area contributed by atoms with Crippen molar-refractivity contribution in [3.63, 3.8) is 0 Å². The topological polar surface area (TPSA) is 103 Å². The van der Waals surface area contributed by atoms with Crippen LogP contribution in [0.3, 0.4) is 0 Å². The van der Waals surface area contributed by atoms with Gasteiger partial charge in [-0.2, -0.15) is 4.98 Å². The maximum Gasteiger partial charge on any atom is 0.263 e. The second-order valence-corrected chi connectivity index (χ2v) is 7.69. The van der Waals surface area contributed by atoms with E-state index in [1.54, 1.807) is 18.3 Å². The van der Waals surface area contributed by atoms with E-state index in [9.17, 15) is 9.18 Å². The molecule has 0 spiro atoms. The van der Waals surface area contributed by atoms with Crippen LogP contribution in [0.15, 0.2) is 52.3 Å². The molecule has 30 heavy (non-hydrogen) atoms. The lowest BCUT2D eigenvalue weighted by Crippen LogP contribution is -2.24. The third kappa shape index (κ3) is 2.75. The molecule has 1 unspecified atom stereocenters. The first-order chi connectivity index (χ1) is 14.7. The molecule has 150 valence electrons. The fraction of sp³-hybridized carbons (Fsp3) is 0.300. The number of fused-ring (bicyclic) bond motifs is 2. The van der Waals surface area contributed by atoms with Gasteiger partial charge in [-0.1, -0.05) is 5.16 Å². The second-order valence-electron chi connectivity index (χ2n) is 7.69. The molecule has 5 heterocycles. The monoisotopic (exact) mass is 405 g/mol. The van der Waals surface area contributed by atoms with Crippen molar-refractivity contribution in [3.8, 4) is 0 Å². The van der Waals surface area contributed by atoms with Crippen LogP contribution in [0.1, 0.15) is 17.6 Å². The van der Waals surface area contributed by atoms with Gasteiger partial charge in [0.1, 0.15) is 24.5 Å². The maximum absolute atomic E-state index is 13.4. The van der Waals surface area contributed by atoms with Crippen LogP contribution in [0.4, 0.5) is 10.2 Å². The SMILES string of the molecule is O=c1c2cccnc2ncn1Cc1nc(C2[C@H]3CN(c4cc(F)ccn4)C[C@@H]23)no1.